The normalized spacial score (nSPS) is 29.8. The summed E-state index contributed by atoms with van der Waals surface area (Å²) < 4.78 is 5.19. The van der Waals surface area contributed by atoms with Gasteiger partial charge in [-0.05, 0) is 25.7 Å². The second-order valence-corrected chi connectivity index (χ2v) is 2.99. The minimum Gasteiger partial charge on any atom is -0.381 e. The van der Waals surface area contributed by atoms with E-state index in [1.165, 1.54) is 0 Å². The van der Waals surface area contributed by atoms with E-state index in [1.807, 2.05) is 0 Å². The molecule has 12 heavy (non-hydrogen) atoms. The van der Waals surface area contributed by atoms with Crippen molar-refractivity contribution in [3.05, 3.63) is 4.91 Å². The summed E-state index contributed by atoms with van der Waals surface area (Å²) >= 11 is 0. The Morgan fingerprint density at radius 1 is 1.33 bits per heavy atom. The predicted molar refractivity (Wildman–Crippen MR) is 43.1 cm³/mol. The average molecular weight is 174 g/mol. The molecule has 0 atom stereocenters. The molecule has 5 heteroatoms. The number of hydroxylamine groups is 1. The van der Waals surface area contributed by atoms with E-state index in [1.54, 1.807) is 7.11 Å². The summed E-state index contributed by atoms with van der Waals surface area (Å²) in [7, 11) is 1.72. The van der Waals surface area contributed by atoms with E-state index < -0.39 is 0 Å². The van der Waals surface area contributed by atoms with Crippen LogP contribution in [0.5, 0.6) is 0 Å². The quantitative estimate of drug-likeness (QED) is 0.513. The van der Waals surface area contributed by atoms with Crippen molar-refractivity contribution in [1.82, 2.24) is 5.48 Å². The van der Waals surface area contributed by atoms with Gasteiger partial charge in [-0.1, -0.05) is 0 Å². The van der Waals surface area contributed by atoms with Gasteiger partial charge in [0.05, 0.1) is 6.10 Å². The minimum absolute atomic E-state index is 0.245. The first-order valence-corrected chi connectivity index (χ1v) is 4.13. The summed E-state index contributed by atoms with van der Waals surface area (Å²) in [6, 6.07) is 0.245. The first kappa shape index (κ1) is 9.41. The third-order valence-electron chi connectivity index (χ3n) is 2.26. The van der Waals surface area contributed by atoms with Crippen LogP contribution in [0.25, 0.3) is 0 Å². The van der Waals surface area contributed by atoms with Crippen LogP contribution in [0, 0.1) is 4.91 Å². The van der Waals surface area contributed by atoms with E-state index in [9.17, 15) is 4.91 Å². The summed E-state index contributed by atoms with van der Waals surface area (Å²) in [5.74, 6) is 0. The SMILES string of the molecule is COC1CCC(NON=O)CC1. The highest BCUT2D eigenvalue weighted by molar-refractivity contribution is 4.74. The number of nitrogens with zero attached hydrogens (tertiary/aromatic N) is 1. The van der Waals surface area contributed by atoms with E-state index >= 15 is 0 Å². The molecule has 0 saturated heterocycles. The molecule has 1 fully saturated rings. The van der Waals surface area contributed by atoms with E-state index in [0.29, 0.717) is 6.10 Å². The maximum Gasteiger partial charge on any atom is 0.176 e. The van der Waals surface area contributed by atoms with Gasteiger partial charge < -0.3 is 4.74 Å². The van der Waals surface area contributed by atoms with Crippen LogP contribution < -0.4 is 5.48 Å². The lowest BCUT2D eigenvalue weighted by Gasteiger charge is -2.26. The predicted octanol–water partition coefficient (Wildman–Crippen LogP) is 1.15. The zero-order chi connectivity index (χ0) is 8.81. The second-order valence-electron chi connectivity index (χ2n) is 2.99. The number of methoxy groups -OCH3 is 1. The Hall–Kier alpha value is -0.680. The summed E-state index contributed by atoms with van der Waals surface area (Å²) in [6.45, 7) is 0. The highest BCUT2D eigenvalue weighted by Crippen LogP contribution is 2.20. The Labute approximate surface area is 71.3 Å². The molecule has 0 aromatic rings. The van der Waals surface area contributed by atoms with Crippen LogP contribution in [-0.2, 0) is 9.68 Å². The fourth-order valence-electron chi connectivity index (χ4n) is 1.51. The van der Waals surface area contributed by atoms with Crippen LogP contribution in [0.4, 0.5) is 0 Å². The lowest BCUT2D eigenvalue weighted by molar-refractivity contribution is -0.0121. The maximum atomic E-state index is 9.61. The van der Waals surface area contributed by atoms with Crippen molar-refractivity contribution in [1.29, 1.82) is 0 Å². The maximum absolute atomic E-state index is 9.61. The lowest BCUT2D eigenvalue weighted by atomic mass is 9.94. The number of hydrogen-bond donors (Lipinski definition) is 1. The van der Waals surface area contributed by atoms with Gasteiger partial charge in [0.25, 0.3) is 0 Å². The Morgan fingerprint density at radius 3 is 2.50 bits per heavy atom. The van der Waals surface area contributed by atoms with Crippen molar-refractivity contribution in [2.45, 2.75) is 37.8 Å². The van der Waals surface area contributed by atoms with Crippen LogP contribution in [0.15, 0.2) is 5.34 Å². The molecule has 1 N–H and O–H groups in total. The van der Waals surface area contributed by atoms with E-state index in [2.05, 4.69) is 15.8 Å². The molecule has 0 aromatic heterocycles. The van der Waals surface area contributed by atoms with Crippen molar-refractivity contribution in [3.63, 3.8) is 0 Å². The Balaban J connectivity index is 2.12. The molecule has 70 valence electrons. The van der Waals surface area contributed by atoms with E-state index in [-0.39, 0.29) is 6.04 Å². The number of hydrogen-bond acceptors (Lipinski definition) is 5. The summed E-state index contributed by atoms with van der Waals surface area (Å²) in [5, 5.41) is 2.28. The van der Waals surface area contributed by atoms with Crippen LogP contribution in [0.3, 0.4) is 0 Å². The van der Waals surface area contributed by atoms with Gasteiger partial charge in [0.2, 0.25) is 0 Å². The van der Waals surface area contributed by atoms with Gasteiger partial charge in [0, 0.05) is 13.2 Å². The number of rotatable bonds is 4. The van der Waals surface area contributed by atoms with Gasteiger partial charge in [-0.3, -0.25) is 4.94 Å². The van der Waals surface area contributed by atoms with Crippen LogP contribution >= 0.6 is 0 Å². The fraction of sp³-hybridized carbons (Fsp3) is 1.00. The third kappa shape index (κ3) is 2.75. The van der Waals surface area contributed by atoms with Gasteiger partial charge in [0.1, 0.15) is 0 Å². The Kier molecular flexibility index (Phi) is 3.96. The van der Waals surface area contributed by atoms with Gasteiger partial charge >= 0.3 is 0 Å². The molecule has 1 aliphatic carbocycles. The molecule has 0 aromatic carbocycles. The number of ether oxygens (including phenoxy) is 1. The molecule has 0 bridgehead atoms. The molecule has 0 heterocycles. The summed E-state index contributed by atoms with van der Waals surface area (Å²) in [6.07, 6.45) is 4.32. The topological polar surface area (TPSA) is 59.9 Å². The summed E-state index contributed by atoms with van der Waals surface area (Å²) in [5.41, 5.74) is 2.58. The molecular weight excluding hydrogens is 160 g/mol. The Bertz CT molecular complexity index is 135. The zero-order valence-corrected chi connectivity index (χ0v) is 7.16. The van der Waals surface area contributed by atoms with E-state index in [4.69, 9.17) is 4.74 Å². The second kappa shape index (κ2) is 5.05. The largest absolute Gasteiger partial charge is 0.381 e. The van der Waals surface area contributed by atoms with Crippen LogP contribution in [0.2, 0.25) is 0 Å². The monoisotopic (exact) mass is 174 g/mol. The smallest absolute Gasteiger partial charge is 0.176 e. The van der Waals surface area contributed by atoms with Gasteiger partial charge in [0.15, 0.2) is 5.34 Å². The van der Waals surface area contributed by atoms with Gasteiger partial charge in [-0.2, -0.15) is 0 Å². The minimum atomic E-state index is 0.245. The molecule has 0 spiro atoms. The lowest BCUT2D eigenvalue weighted by Crippen LogP contribution is -2.34. The molecule has 0 amide bonds. The third-order valence-corrected chi connectivity index (χ3v) is 2.26. The van der Waals surface area contributed by atoms with Crippen LogP contribution in [0.1, 0.15) is 25.7 Å². The molecule has 0 unspecified atom stereocenters. The molecule has 5 nitrogen and oxygen atoms in total. The zero-order valence-electron chi connectivity index (χ0n) is 7.16. The highest BCUT2D eigenvalue weighted by atomic mass is 16.8. The van der Waals surface area contributed by atoms with Gasteiger partial charge in [-0.15, -0.1) is 10.4 Å². The molecular formula is C7H14N2O3. The number of nitrogens with one attached hydrogen (secondary N) is 1. The van der Waals surface area contributed by atoms with Crippen molar-refractivity contribution in [2.75, 3.05) is 7.11 Å². The highest BCUT2D eigenvalue weighted by Gasteiger charge is 2.20. The molecule has 1 aliphatic rings. The summed E-state index contributed by atoms with van der Waals surface area (Å²) in [4.78, 5) is 13.8. The van der Waals surface area contributed by atoms with Crippen LogP contribution in [-0.4, -0.2) is 19.3 Å². The first-order valence-electron chi connectivity index (χ1n) is 4.13. The standard InChI is InChI=1S/C7H14N2O3/c1-11-7-4-2-6(3-5-7)8-12-9-10/h6-8H,2-5H2,1H3. The molecule has 1 saturated carbocycles. The van der Waals surface area contributed by atoms with Crippen molar-refractivity contribution < 1.29 is 9.68 Å². The van der Waals surface area contributed by atoms with Crippen molar-refractivity contribution in [3.8, 4) is 0 Å². The molecule has 1 rings (SSSR count). The van der Waals surface area contributed by atoms with E-state index in [0.717, 1.165) is 25.7 Å². The first-order chi connectivity index (χ1) is 5.86. The molecule has 0 radical (unpaired) electrons. The average Bonchev–Trinajstić information content (AvgIpc) is 2.15. The van der Waals surface area contributed by atoms with Gasteiger partial charge in [-0.25, -0.2) is 0 Å². The fourth-order valence-corrected chi connectivity index (χ4v) is 1.51. The molecule has 0 aliphatic heterocycles. The Morgan fingerprint density at radius 2 is 2.00 bits per heavy atom. The van der Waals surface area contributed by atoms with Crippen molar-refractivity contribution in [2.24, 2.45) is 5.34 Å². The van der Waals surface area contributed by atoms with Crippen molar-refractivity contribution >= 4 is 0 Å².